The summed E-state index contributed by atoms with van der Waals surface area (Å²) in [5, 5.41) is 8.77. The normalized spacial score (nSPS) is 14.1. The van der Waals surface area contributed by atoms with Gasteiger partial charge in [-0.1, -0.05) is 13.8 Å². The first-order chi connectivity index (χ1) is 4.66. The summed E-state index contributed by atoms with van der Waals surface area (Å²) < 4.78 is 11.6. The highest BCUT2D eigenvalue weighted by Crippen LogP contribution is 2.08. The lowest BCUT2D eigenvalue weighted by atomic mass is 10.3. The monoisotopic (exact) mass is 166 g/mol. The second-order valence-corrected chi connectivity index (χ2v) is 3.81. The molecule has 0 aromatic carbocycles. The summed E-state index contributed by atoms with van der Waals surface area (Å²) in [6.07, 6.45) is -0.760. The molecule has 0 bridgehead atoms. The molecule has 0 aromatic rings. The Kier molecular flexibility index (Phi) is 6.13. The second-order valence-electron chi connectivity index (χ2n) is 2.74. The molecule has 0 saturated heterocycles. The molecule has 0 radical (unpaired) electrons. The van der Waals surface area contributed by atoms with Crippen LogP contribution in [0.4, 0.5) is 4.39 Å². The van der Waals surface area contributed by atoms with Crippen molar-refractivity contribution in [3.8, 4) is 0 Å². The number of rotatable bonds is 5. The fraction of sp³-hybridized carbons (Fsp3) is 1.00. The van der Waals surface area contributed by atoms with Gasteiger partial charge in [0.2, 0.25) is 0 Å². The van der Waals surface area contributed by atoms with Gasteiger partial charge < -0.3 is 5.11 Å². The SMILES string of the molecule is CC(C)CSCC(O)CF. The molecule has 0 rings (SSSR count). The van der Waals surface area contributed by atoms with Crippen molar-refractivity contribution in [2.75, 3.05) is 18.2 Å². The van der Waals surface area contributed by atoms with Crippen LogP contribution in [-0.2, 0) is 0 Å². The van der Waals surface area contributed by atoms with Gasteiger partial charge in [0.1, 0.15) is 6.67 Å². The van der Waals surface area contributed by atoms with Crippen molar-refractivity contribution in [1.82, 2.24) is 0 Å². The topological polar surface area (TPSA) is 20.2 Å². The Morgan fingerprint density at radius 2 is 2.00 bits per heavy atom. The van der Waals surface area contributed by atoms with Crippen molar-refractivity contribution in [2.45, 2.75) is 20.0 Å². The minimum Gasteiger partial charge on any atom is -0.390 e. The maximum absolute atomic E-state index is 11.6. The van der Waals surface area contributed by atoms with Crippen LogP contribution < -0.4 is 0 Å². The minimum atomic E-state index is -0.760. The molecule has 0 aliphatic carbocycles. The molecular formula is C7H15FOS. The zero-order chi connectivity index (χ0) is 7.98. The van der Waals surface area contributed by atoms with E-state index in [9.17, 15) is 4.39 Å². The van der Waals surface area contributed by atoms with Gasteiger partial charge in [-0.25, -0.2) is 4.39 Å². The van der Waals surface area contributed by atoms with E-state index in [1.807, 2.05) is 0 Å². The van der Waals surface area contributed by atoms with Gasteiger partial charge in [-0.05, 0) is 11.7 Å². The summed E-state index contributed by atoms with van der Waals surface area (Å²) in [4.78, 5) is 0. The fourth-order valence-corrected chi connectivity index (χ4v) is 1.45. The highest BCUT2D eigenvalue weighted by atomic mass is 32.2. The van der Waals surface area contributed by atoms with E-state index < -0.39 is 12.8 Å². The molecule has 0 amide bonds. The van der Waals surface area contributed by atoms with Gasteiger partial charge in [0.05, 0.1) is 6.10 Å². The number of hydrogen-bond acceptors (Lipinski definition) is 2. The molecule has 10 heavy (non-hydrogen) atoms. The number of thioether (sulfide) groups is 1. The first-order valence-electron chi connectivity index (χ1n) is 3.48. The molecule has 1 N–H and O–H groups in total. The fourth-order valence-electron chi connectivity index (χ4n) is 0.484. The van der Waals surface area contributed by atoms with E-state index in [1.165, 1.54) is 0 Å². The van der Waals surface area contributed by atoms with Crippen LogP contribution in [0.2, 0.25) is 0 Å². The van der Waals surface area contributed by atoms with Crippen LogP contribution in [-0.4, -0.2) is 29.4 Å². The first-order valence-corrected chi connectivity index (χ1v) is 4.64. The average Bonchev–Trinajstić information content (AvgIpc) is 1.87. The van der Waals surface area contributed by atoms with E-state index in [1.54, 1.807) is 11.8 Å². The minimum absolute atomic E-state index is 0.523. The van der Waals surface area contributed by atoms with Gasteiger partial charge in [0.25, 0.3) is 0 Å². The lowest BCUT2D eigenvalue weighted by Gasteiger charge is -2.06. The van der Waals surface area contributed by atoms with E-state index in [2.05, 4.69) is 13.8 Å². The van der Waals surface area contributed by atoms with E-state index >= 15 is 0 Å². The molecule has 3 heteroatoms. The van der Waals surface area contributed by atoms with E-state index in [4.69, 9.17) is 5.11 Å². The van der Waals surface area contributed by atoms with Crippen LogP contribution in [0.3, 0.4) is 0 Å². The molecule has 0 aliphatic heterocycles. The first kappa shape index (κ1) is 10.2. The lowest BCUT2D eigenvalue weighted by molar-refractivity contribution is 0.162. The number of halogens is 1. The van der Waals surface area contributed by atoms with Crippen LogP contribution in [0, 0.1) is 5.92 Å². The Hall–Kier alpha value is 0.240. The van der Waals surface area contributed by atoms with Crippen LogP contribution in [0.5, 0.6) is 0 Å². The van der Waals surface area contributed by atoms with Crippen molar-refractivity contribution >= 4 is 11.8 Å². The zero-order valence-electron chi connectivity index (χ0n) is 6.51. The molecule has 0 saturated carbocycles. The quantitative estimate of drug-likeness (QED) is 0.671. The number of aliphatic hydroxyl groups excluding tert-OH is 1. The molecule has 0 fully saturated rings. The van der Waals surface area contributed by atoms with E-state index in [0.717, 1.165) is 5.75 Å². The van der Waals surface area contributed by atoms with Gasteiger partial charge >= 0.3 is 0 Å². The summed E-state index contributed by atoms with van der Waals surface area (Å²) in [5.41, 5.74) is 0. The van der Waals surface area contributed by atoms with Crippen molar-refractivity contribution in [3.05, 3.63) is 0 Å². The molecule has 0 aliphatic rings. The molecule has 0 heterocycles. The summed E-state index contributed by atoms with van der Waals surface area (Å²) in [7, 11) is 0. The summed E-state index contributed by atoms with van der Waals surface area (Å²) in [6, 6.07) is 0. The molecule has 1 atom stereocenters. The summed E-state index contributed by atoms with van der Waals surface area (Å²) >= 11 is 1.60. The van der Waals surface area contributed by atoms with Crippen molar-refractivity contribution in [2.24, 2.45) is 5.92 Å². The molecule has 62 valence electrons. The van der Waals surface area contributed by atoms with Crippen molar-refractivity contribution in [1.29, 1.82) is 0 Å². The number of aliphatic hydroxyl groups is 1. The van der Waals surface area contributed by atoms with Gasteiger partial charge in [0.15, 0.2) is 0 Å². The maximum Gasteiger partial charge on any atom is 0.116 e. The smallest absolute Gasteiger partial charge is 0.116 e. The average molecular weight is 166 g/mol. The molecular weight excluding hydrogens is 151 g/mol. The van der Waals surface area contributed by atoms with Gasteiger partial charge in [-0.2, -0.15) is 11.8 Å². The number of alkyl halides is 1. The maximum atomic E-state index is 11.6. The second kappa shape index (κ2) is 5.98. The largest absolute Gasteiger partial charge is 0.390 e. The van der Waals surface area contributed by atoms with Crippen LogP contribution in [0.1, 0.15) is 13.8 Å². The Bertz CT molecular complexity index is 78.0. The van der Waals surface area contributed by atoms with Crippen molar-refractivity contribution < 1.29 is 9.50 Å². The third-order valence-electron chi connectivity index (χ3n) is 0.940. The highest BCUT2D eigenvalue weighted by molar-refractivity contribution is 7.99. The lowest BCUT2D eigenvalue weighted by Crippen LogP contribution is -2.12. The Labute approximate surface area is 66.0 Å². The van der Waals surface area contributed by atoms with E-state index in [0.29, 0.717) is 11.7 Å². The third-order valence-corrected chi connectivity index (χ3v) is 2.46. The van der Waals surface area contributed by atoms with Crippen LogP contribution in [0.25, 0.3) is 0 Å². The van der Waals surface area contributed by atoms with Crippen molar-refractivity contribution in [3.63, 3.8) is 0 Å². The Morgan fingerprint density at radius 3 is 2.40 bits per heavy atom. The molecule has 0 aromatic heterocycles. The van der Waals surface area contributed by atoms with Crippen LogP contribution >= 0.6 is 11.8 Å². The van der Waals surface area contributed by atoms with Gasteiger partial charge in [0, 0.05) is 5.75 Å². The molecule has 0 spiro atoms. The van der Waals surface area contributed by atoms with Crippen LogP contribution in [0.15, 0.2) is 0 Å². The Morgan fingerprint density at radius 1 is 1.40 bits per heavy atom. The predicted octanol–water partition coefficient (Wildman–Crippen LogP) is 1.71. The standard InChI is InChI=1S/C7H15FOS/c1-6(2)4-10-5-7(9)3-8/h6-7,9H,3-5H2,1-2H3. The summed E-state index contributed by atoms with van der Waals surface area (Å²) in [6.45, 7) is 3.59. The highest BCUT2D eigenvalue weighted by Gasteiger charge is 2.02. The van der Waals surface area contributed by atoms with Gasteiger partial charge in [-0.15, -0.1) is 0 Å². The van der Waals surface area contributed by atoms with E-state index in [-0.39, 0.29) is 0 Å². The molecule has 1 unspecified atom stereocenters. The Balaban J connectivity index is 3.03. The molecule has 1 nitrogen and oxygen atoms in total. The zero-order valence-corrected chi connectivity index (χ0v) is 7.33. The summed E-state index contributed by atoms with van der Waals surface area (Å²) in [5.74, 6) is 2.14. The van der Waals surface area contributed by atoms with Gasteiger partial charge in [-0.3, -0.25) is 0 Å². The third kappa shape index (κ3) is 6.36. The predicted molar refractivity (Wildman–Crippen MR) is 44.1 cm³/mol. The number of hydrogen-bond donors (Lipinski definition) is 1.